The Hall–Kier alpha value is -0.870. The highest BCUT2D eigenvalue weighted by Gasteiger charge is 2.18. The molecule has 0 rings (SSSR count). The van der Waals surface area contributed by atoms with Crippen LogP contribution < -0.4 is 0 Å². The summed E-state index contributed by atoms with van der Waals surface area (Å²) < 4.78 is 0. The van der Waals surface area contributed by atoms with Gasteiger partial charge in [-0.25, -0.2) is 5.06 Å². The third-order valence-electron chi connectivity index (χ3n) is 1.34. The normalized spacial score (nSPS) is 12.3. The molecule has 0 unspecified atom stereocenters. The van der Waals surface area contributed by atoms with Gasteiger partial charge in [-0.1, -0.05) is 6.08 Å². The second-order valence-electron chi connectivity index (χ2n) is 2.27. The fraction of sp³-hybridized carbons (Fsp3) is 0.571. The van der Waals surface area contributed by atoms with Crippen LogP contribution in [-0.2, 0) is 4.79 Å². The van der Waals surface area contributed by atoms with Crippen LogP contribution in [0, 0.1) is 5.92 Å². The SMILES string of the molecule is C=CC[C@H](CO)C(=O)N(C)O. The van der Waals surface area contributed by atoms with Gasteiger partial charge in [0.25, 0.3) is 5.91 Å². The summed E-state index contributed by atoms with van der Waals surface area (Å²) in [5.74, 6) is -1.06. The van der Waals surface area contributed by atoms with Crippen molar-refractivity contribution in [3.8, 4) is 0 Å². The van der Waals surface area contributed by atoms with Crippen LogP contribution in [0.15, 0.2) is 12.7 Å². The zero-order valence-electron chi connectivity index (χ0n) is 6.53. The van der Waals surface area contributed by atoms with Gasteiger partial charge in [-0.15, -0.1) is 6.58 Å². The van der Waals surface area contributed by atoms with E-state index in [4.69, 9.17) is 10.3 Å². The maximum Gasteiger partial charge on any atom is 0.251 e. The molecule has 0 aromatic heterocycles. The van der Waals surface area contributed by atoms with Crippen LogP contribution in [0.4, 0.5) is 0 Å². The summed E-state index contributed by atoms with van der Waals surface area (Å²) in [6.07, 6.45) is 1.91. The third-order valence-corrected chi connectivity index (χ3v) is 1.34. The third kappa shape index (κ3) is 3.15. The average Bonchev–Trinajstić information content (AvgIpc) is 1.98. The lowest BCUT2D eigenvalue weighted by molar-refractivity contribution is -0.165. The van der Waals surface area contributed by atoms with Crippen molar-refractivity contribution in [3.63, 3.8) is 0 Å². The number of hydrogen-bond acceptors (Lipinski definition) is 3. The Labute approximate surface area is 65.7 Å². The fourth-order valence-corrected chi connectivity index (χ4v) is 0.719. The van der Waals surface area contributed by atoms with Gasteiger partial charge in [0.05, 0.1) is 12.5 Å². The minimum Gasteiger partial charge on any atom is -0.396 e. The molecule has 0 heterocycles. The molecule has 0 saturated heterocycles. The molecule has 0 aromatic rings. The molecule has 0 aliphatic rings. The topological polar surface area (TPSA) is 60.8 Å². The van der Waals surface area contributed by atoms with E-state index in [2.05, 4.69) is 6.58 Å². The summed E-state index contributed by atoms with van der Waals surface area (Å²) in [6, 6.07) is 0. The molecule has 0 saturated carbocycles. The standard InChI is InChI=1S/C7H13NO3/c1-3-4-6(5-9)7(10)8(2)11/h3,6,9,11H,1,4-5H2,2H3/t6-/m1/s1. The monoisotopic (exact) mass is 159 g/mol. The number of amides is 1. The van der Waals surface area contributed by atoms with Gasteiger partial charge >= 0.3 is 0 Å². The first-order valence-electron chi connectivity index (χ1n) is 3.31. The van der Waals surface area contributed by atoms with Gasteiger partial charge in [-0.05, 0) is 6.42 Å². The van der Waals surface area contributed by atoms with Gasteiger partial charge in [0.2, 0.25) is 0 Å². The summed E-state index contributed by atoms with van der Waals surface area (Å²) in [5.41, 5.74) is 0. The molecule has 0 aliphatic heterocycles. The smallest absolute Gasteiger partial charge is 0.251 e. The van der Waals surface area contributed by atoms with E-state index in [-0.39, 0.29) is 6.61 Å². The van der Waals surface area contributed by atoms with Crippen molar-refractivity contribution in [1.29, 1.82) is 0 Å². The van der Waals surface area contributed by atoms with E-state index >= 15 is 0 Å². The van der Waals surface area contributed by atoms with Gasteiger partial charge in [0, 0.05) is 7.05 Å². The van der Waals surface area contributed by atoms with Gasteiger partial charge in [0.1, 0.15) is 0 Å². The summed E-state index contributed by atoms with van der Waals surface area (Å²) in [7, 11) is 1.23. The molecule has 1 atom stereocenters. The van der Waals surface area contributed by atoms with Crippen LogP contribution in [0.2, 0.25) is 0 Å². The molecule has 11 heavy (non-hydrogen) atoms. The van der Waals surface area contributed by atoms with Crippen LogP contribution in [0.25, 0.3) is 0 Å². The number of hydrogen-bond donors (Lipinski definition) is 2. The van der Waals surface area contributed by atoms with E-state index in [1.165, 1.54) is 13.1 Å². The van der Waals surface area contributed by atoms with Crippen molar-refractivity contribution in [2.75, 3.05) is 13.7 Å². The minimum absolute atomic E-state index is 0.268. The predicted molar refractivity (Wildman–Crippen MR) is 39.9 cm³/mol. The first kappa shape index (κ1) is 10.1. The van der Waals surface area contributed by atoms with Crippen molar-refractivity contribution in [1.82, 2.24) is 5.06 Å². The summed E-state index contributed by atoms with van der Waals surface area (Å²) in [5, 5.41) is 17.8. The zero-order valence-corrected chi connectivity index (χ0v) is 6.53. The minimum atomic E-state index is -0.567. The lowest BCUT2D eigenvalue weighted by Gasteiger charge is -2.14. The molecule has 2 N–H and O–H groups in total. The highest BCUT2D eigenvalue weighted by molar-refractivity contribution is 5.77. The Bertz CT molecular complexity index is 145. The molecular weight excluding hydrogens is 146 g/mol. The molecule has 4 nitrogen and oxygen atoms in total. The second kappa shape index (κ2) is 4.87. The number of hydroxylamine groups is 2. The molecule has 4 heteroatoms. The lowest BCUT2D eigenvalue weighted by atomic mass is 10.1. The van der Waals surface area contributed by atoms with E-state index in [0.717, 1.165) is 0 Å². The number of allylic oxidation sites excluding steroid dienone is 1. The number of nitrogens with zero attached hydrogens (tertiary/aromatic N) is 1. The quantitative estimate of drug-likeness (QED) is 0.345. The van der Waals surface area contributed by atoms with E-state index in [1.54, 1.807) is 0 Å². The maximum absolute atomic E-state index is 10.9. The van der Waals surface area contributed by atoms with E-state index < -0.39 is 11.8 Å². The molecule has 0 fully saturated rings. The van der Waals surface area contributed by atoms with Crippen molar-refractivity contribution >= 4 is 5.91 Å². The second-order valence-corrected chi connectivity index (χ2v) is 2.27. The van der Waals surface area contributed by atoms with Crippen molar-refractivity contribution < 1.29 is 15.1 Å². The van der Waals surface area contributed by atoms with E-state index in [0.29, 0.717) is 11.5 Å². The number of aliphatic hydroxyl groups excluding tert-OH is 1. The van der Waals surface area contributed by atoms with Crippen molar-refractivity contribution in [3.05, 3.63) is 12.7 Å². The van der Waals surface area contributed by atoms with Crippen LogP contribution in [0.5, 0.6) is 0 Å². The zero-order chi connectivity index (χ0) is 8.85. The van der Waals surface area contributed by atoms with Crippen LogP contribution in [0.1, 0.15) is 6.42 Å². The number of aliphatic hydroxyl groups is 1. The Morgan fingerprint density at radius 3 is 2.64 bits per heavy atom. The summed E-state index contributed by atoms with van der Waals surface area (Å²) in [6.45, 7) is 3.16. The van der Waals surface area contributed by atoms with E-state index in [9.17, 15) is 4.79 Å². The molecule has 0 bridgehead atoms. The maximum atomic E-state index is 10.9. The predicted octanol–water partition coefficient (Wildman–Crippen LogP) is 0.0186. The highest BCUT2D eigenvalue weighted by Crippen LogP contribution is 2.04. The first-order chi connectivity index (χ1) is 5.13. The Kier molecular flexibility index (Phi) is 4.49. The van der Waals surface area contributed by atoms with E-state index in [1.807, 2.05) is 0 Å². The summed E-state index contributed by atoms with van der Waals surface area (Å²) >= 11 is 0. The Morgan fingerprint density at radius 1 is 1.82 bits per heavy atom. The van der Waals surface area contributed by atoms with Gasteiger partial charge < -0.3 is 5.11 Å². The number of rotatable bonds is 4. The highest BCUT2D eigenvalue weighted by atomic mass is 16.5. The Balaban J connectivity index is 4.02. The number of carbonyl (C=O) groups excluding carboxylic acids is 1. The van der Waals surface area contributed by atoms with Gasteiger partial charge in [0.15, 0.2) is 0 Å². The van der Waals surface area contributed by atoms with Crippen LogP contribution in [0.3, 0.4) is 0 Å². The van der Waals surface area contributed by atoms with Crippen LogP contribution in [-0.4, -0.2) is 34.9 Å². The number of carbonyl (C=O) groups is 1. The molecule has 64 valence electrons. The average molecular weight is 159 g/mol. The molecule has 1 amide bonds. The largest absolute Gasteiger partial charge is 0.396 e. The molecule has 0 radical (unpaired) electrons. The summed E-state index contributed by atoms with van der Waals surface area (Å²) in [4.78, 5) is 10.9. The van der Waals surface area contributed by atoms with Gasteiger partial charge in [-0.2, -0.15) is 0 Å². The first-order valence-corrected chi connectivity index (χ1v) is 3.31. The van der Waals surface area contributed by atoms with Crippen LogP contribution >= 0.6 is 0 Å². The van der Waals surface area contributed by atoms with Crippen molar-refractivity contribution in [2.24, 2.45) is 5.92 Å². The van der Waals surface area contributed by atoms with Gasteiger partial charge in [-0.3, -0.25) is 10.0 Å². The Morgan fingerprint density at radius 2 is 2.36 bits per heavy atom. The molecular formula is C7H13NO3. The molecule has 0 aliphatic carbocycles. The molecule has 0 spiro atoms. The van der Waals surface area contributed by atoms with Crippen molar-refractivity contribution in [2.45, 2.75) is 6.42 Å². The molecule has 0 aromatic carbocycles. The fourth-order valence-electron chi connectivity index (χ4n) is 0.719. The lowest BCUT2D eigenvalue weighted by Crippen LogP contribution is -2.31.